The van der Waals surface area contributed by atoms with Crippen LogP contribution in [0.25, 0.3) is 0 Å². The van der Waals surface area contributed by atoms with Crippen LogP contribution >= 0.6 is 0 Å². The molecule has 1 saturated heterocycles. The second-order valence-corrected chi connectivity index (χ2v) is 7.45. The van der Waals surface area contributed by atoms with Crippen molar-refractivity contribution in [3.63, 3.8) is 0 Å². The van der Waals surface area contributed by atoms with E-state index in [1.165, 1.54) is 0 Å². The van der Waals surface area contributed by atoms with Crippen LogP contribution in [0.15, 0.2) is 0 Å². The van der Waals surface area contributed by atoms with E-state index in [-0.39, 0.29) is 36.0 Å². The Bertz CT molecular complexity index is 416. The van der Waals surface area contributed by atoms with Crippen molar-refractivity contribution >= 4 is 15.8 Å². The number of sulfone groups is 1. The van der Waals surface area contributed by atoms with Crippen LogP contribution in [-0.2, 0) is 24.1 Å². The molecule has 2 rings (SSSR count). The Labute approximate surface area is 101 Å². The van der Waals surface area contributed by atoms with E-state index in [1.807, 2.05) is 0 Å². The van der Waals surface area contributed by atoms with Gasteiger partial charge in [-0.05, 0) is 26.2 Å². The van der Waals surface area contributed by atoms with Crippen molar-refractivity contribution in [2.45, 2.75) is 37.9 Å². The van der Waals surface area contributed by atoms with Crippen molar-refractivity contribution in [1.82, 2.24) is 0 Å². The van der Waals surface area contributed by atoms with Crippen LogP contribution in [0.5, 0.6) is 0 Å². The van der Waals surface area contributed by atoms with E-state index < -0.39 is 9.84 Å². The number of rotatable bonds is 4. The lowest BCUT2D eigenvalue weighted by molar-refractivity contribution is -0.148. The van der Waals surface area contributed by atoms with Gasteiger partial charge >= 0.3 is 5.97 Å². The molecule has 2 aliphatic rings. The largest absolute Gasteiger partial charge is 0.464 e. The van der Waals surface area contributed by atoms with Gasteiger partial charge in [-0.15, -0.1) is 0 Å². The third-order valence-electron chi connectivity index (χ3n) is 3.55. The molecule has 0 radical (unpaired) electrons. The van der Waals surface area contributed by atoms with E-state index in [0.29, 0.717) is 6.42 Å². The van der Waals surface area contributed by atoms with Crippen LogP contribution in [0, 0.1) is 5.92 Å². The number of carbonyl (C=O) groups is 1. The number of hydrogen-bond acceptors (Lipinski definition) is 5. The second kappa shape index (κ2) is 4.24. The van der Waals surface area contributed by atoms with Gasteiger partial charge in [-0.3, -0.25) is 4.79 Å². The van der Waals surface area contributed by atoms with Gasteiger partial charge in [-0.1, -0.05) is 0 Å². The first-order valence-corrected chi connectivity index (χ1v) is 7.88. The van der Waals surface area contributed by atoms with Crippen molar-refractivity contribution in [2.75, 3.05) is 18.6 Å². The third-order valence-corrected chi connectivity index (χ3v) is 4.46. The smallest absolute Gasteiger partial charge is 0.309 e. The summed E-state index contributed by atoms with van der Waals surface area (Å²) >= 11 is 0. The van der Waals surface area contributed by atoms with Crippen LogP contribution in [0.2, 0.25) is 0 Å². The standard InChI is InChI=1S/C11H18O5S/c1-11-4-3-8(7-9(11)16-11)10(12)15-5-6-17(2,13)14/h8-9H,3-7H2,1-2H3. The van der Waals surface area contributed by atoms with E-state index in [9.17, 15) is 13.2 Å². The molecular formula is C11H18O5S. The Morgan fingerprint density at radius 2 is 2.24 bits per heavy atom. The summed E-state index contributed by atoms with van der Waals surface area (Å²) in [5.41, 5.74) is -0.0104. The highest BCUT2D eigenvalue weighted by molar-refractivity contribution is 7.90. The van der Waals surface area contributed by atoms with Gasteiger partial charge in [0.25, 0.3) is 0 Å². The molecule has 1 heterocycles. The number of fused-ring (bicyclic) bond motifs is 1. The highest BCUT2D eigenvalue weighted by Gasteiger charge is 2.56. The number of epoxide rings is 1. The predicted octanol–water partition coefficient (Wildman–Crippen LogP) is 0.532. The maximum atomic E-state index is 11.7. The van der Waals surface area contributed by atoms with Crippen LogP contribution in [0.3, 0.4) is 0 Å². The summed E-state index contributed by atoms with van der Waals surface area (Å²) in [5.74, 6) is -0.523. The van der Waals surface area contributed by atoms with Gasteiger partial charge < -0.3 is 9.47 Å². The normalized spacial score (nSPS) is 36.1. The van der Waals surface area contributed by atoms with Gasteiger partial charge in [-0.25, -0.2) is 8.42 Å². The Morgan fingerprint density at radius 3 is 2.82 bits per heavy atom. The van der Waals surface area contributed by atoms with Crippen LogP contribution in [0.1, 0.15) is 26.2 Å². The van der Waals surface area contributed by atoms with Gasteiger partial charge in [0.1, 0.15) is 6.61 Å². The summed E-state index contributed by atoms with van der Waals surface area (Å²) in [7, 11) is -3.06. The van der Waals surface area contributed by atoms with Gasteiger partial charge in [0.05, 0.1) is 23.4 Å². The van der Waals surface area contributed by atoms with E-state index in [0.717, 1.165) is 19.1 Å². The molecule has 3 unspecified atom stereocenters. The average Bonchev–Trinajstić information content (AvgIpc) is 2.86. The van der Waals surface area contributed by atoms with Crippen molar-refractivity contribution in [2.24, 2.45) is 5.92 Å². The minimum absolute atomic E-state index is 0.0104. The minimum Gasteiger partial charge on any atom is -0.464 e. The van der Waals surface area contributed by atoms with E-state index in [1.54, 1.807) is 0 Å². The Morgan fingerprint density at radius 1 is 1.53 bits per heavy atom. The Kier molecular flexibility index (Phi) is 3.20. The summed E-state index contributed by atoms with van der Waals surface area (Å²) in [6.45, 7) is 2.01. The number of hydrogen-bond donors (Lipinski definition) is 0. The van der Waals surface area contributed by atoms with Crippen molar-refractivity contribution in [3.8, 4) is 0 Å². The van der Waals surface area contributed by atoms with Gasteiger partial charge in [-0.2, -0.15) is 0 Å². The maximum Gasteiger partial charge on any atom is 0.309 e. The summed E-state index contributed by atoms with van der Waals surface area (Å²) in [4.78, 5) is 11.7. The summed E-state index contributed by atoms with van der Waals surface area (Å²) in [6.07, 6.45) is 3.66. The van der Waals surface area contributed by atoms with Crippen LogP contribution < -0.4 is 0 Å². The van der Waals surface area contributed by atoms with E-state index in [2.05, 4.69) is 6.92 Å². The van der Waals surface area contributed by atoms with Gasteiger partial charge in [0.15, 0.2) is 9.84 Å². The molecule has 0 aromatic rings. The Hall–Kier alpha value is -0.620. The van der Waals surface area contributed by atoms with Crippen LogP contribution in [-0.4, -0.2) is 44.7 Å². The van der Waals surface area contributed by atoms with Crippen molar-refractivity contribution in [1.29, 1.82) is 0 Å². The quantitative estimate of drug-likeness (QED) is 0.546. The summed E-state index contributed by atoms with van der Waals surface area (Å²) in [6, 6.07) is 0. The van der Waals surface area contributed by atoms with Gasteiger partial charge in [0, 0.05) is 6.26 Å². The molecule has 98 valence electrons. The monoisotopic (exact) mass is 262 g/mol. The van der Waals surface area contributed by atoms with Gasteiger partial charge in [0.2, 0.25) is 0 Å². The first kappa shape index (κ1) is 12.8. The van der Waals surface area contributed by atoms with E-state index in [4.69, 9.17) is 9.47 Å². The molecule has 1 aliphatic heterocycles. The molecule has 0 amide bonds. The molecule has 1 aliphatic carbocycles. The number of carbonyl (C=O) groups excluding carboxylic acids is 1. The fourth-order valence-electron chi connectivity index (χ4n) is 2.27. The zero-order valence-electron chi connectivity index (χ0n) is 10.1. The lowest BCUT2D eigenvalue weighted by Crippen LogP contribution is -2.28. The molecule has 3 atom stereocenters. The molecule has 0 N–H and O–H groups in total. The Balaban J connectivity index is 1.74. The fraction of sp³-hybridized carbons (Fsp3) is 0.909. The molecule has 0 bridgehead atoms. The first-order chi connectivity index (χ1) is 7.80. The van der Waals surface area contributed by atoms with Crippen molar-refractivity contribution < 1.29 is 22.7 Å². The molecular weight excluding hydrogens is 244 g/mol. The van der Waals surface area contributed by atoms with E-state index >= 15 is 0 Å². The SMILES string of the molecule is CC12CCC(C(=O)OCCS(C)(=O)=O)CC1O2. The second-order valence-electron chi connectivity index (χ2n) is 5.19. The highest BCUT2D eigenvalue weighted by atomic mass is 32.2. The molecule has 5 nitrogen and oxygen atoms in total. The molecule has 0 spiro atoms. The molecule has 17 heavy (non-hydrogen) atoms. The van der Waals surface area contributed by atoms with Crippen molar-refractivity contribution in [3.05, 3.63) is 0 Å². The number of esters is 1. The lowest BCUT2D eigenvalue weighted by atomic mass is 9.83. The number of ether oxygens (including phenoxy) is 2. The first-order valence-electron chi connectivity index (χ1n) is 5.82. The zero-order valence-corrected chi connectivity index (χ0v) is 11.0. The summed E-state index contributed by atoms with van der Waals surface area (Å²) in [5, 5.41) is 0. The minimum atomic E-state index is -3.06. The molecule has 1 saturated carbocycles. The van der Waals surface area contributed by atoms with Crippen LogP contribution in [0.4, 0.5) is 0 Å². The third kappa shape index (κ3) is 3.19. The fourth-order valence-corrected chi connectivity index (χ4v) is 2.66. The molecule has 2 fully saturated rings. The molecule has 6 heteroatoms. The molecule has 0 aromatic carbocycles. The predicted molar refractivity (Wildman–Crippen MR) is 61.3 cm³/mol. The maximum absolute atomic E-state index is 11.7. The lowest BCUT2D eigenvalue weighted by Gasteiger charge is -2.20. The summed E-state index contributed by atoms with van der Waals surface area (Å²) < 4.78 is 32.2. The molecule has 0 aromatic heterocycles. The highest BCUT2D eigenvalue weighted by Crippen LogP contribution is 2.49. The average molecular weight is 262 g/mol. The topological polar surface area (TPSA) is 73.0 Å². The zero-order chi connectivity index (χ0) is 12.7.